The molecule has 1 saturated heterocycles. The summed E-state index contributed by atoms with van der Waals surface area (Å²) in [6.07, 6.45) is 3.87. The van der Waals surface area contributed by atoms with Crippen LogP contribution in [-0.2, 0) is 6.54 Å². The third-order valence-corrected chi connectivity index (χ3v) is 3.91. The molecule has 1 unspecified atom stereocenters. The predicted octanol–water partition coefficient (Wildman–Crippen LogP) is 3.13. The molecule has 0 bridgehead atoms. The lowest BCUT2D eigenvalue weighted by Gasteiger charge is -2.37. The van der Waals surface area contributed by atoms with Crippen LogP contribution in [0.1, 0.15) is 45.6 Å². The van der Waals surface area contributed by atoms with Crippen LogP contribution in [0.25, 0.3) is 0 Å². The highest BCUT2D eigenvalue weighted by Crippen LogP contribution is 2.21. The molecule has 0 radical (unpaired) electrons. The quantitative estimate of drug-likeness (QED) is 0.887. The first-order valence-corrected chi connectivity index (χ1v) is 7.71. The molecule has 2 N–H and O–H groups in total. The van der Waals surface area contributed by atoms with Crippen molar-refractivity contribution in [2.45, 2.75) is 58.2 Å². The van der Waals surface area contributed by atoms with E-state index in [1.54, 1.807) is 6.07 Å². The molecule has 0 aliphatic carbocycles. The van der Waals surface area contributed by atoms with Crippen molar-refractivity contribution in [3.8, 4) is 5.75 Å². The van der Waals surface area contributed by atoms with Crippen molar-refractivity contribution in [1.29, 1.82) is 0 Å². The van der Waals surface area contributed by atoms with Gasteiger partial charge in [-0.3, -0.25) is 4.90 Å². The zero-order valence-corrected chi connectivity index (χ0v) is 13.0. The lowest BCUT2D eigenvalue weighted by Crippen LogP contribution is -2.49. The summed E-state index contributed by atoms with van der Waals surface area (Å²) in [6.45, 7) is 9.79. The lowest BCUT2D eigenvalue weighted by molar-refractivity contribution is 0.131. The van der Waals surface area contributed by atoms with E-state index in [0.717, 1.165) is 19.6 Å². The van der Waals surface area contributed by atoms with E-state index < -0.39 is 0 Å². The van der Waals surface area contributed by atoms with Crippen molar-refractivity contribution < 1.29 is 5.11 Å². The van der Waals surface area contributed by atoms with E-state index in [-0.39, 0.29) is 5.54 Å². The topological polar surface area (TPSA) is 35.5 Å². The Morgan fingerprint density at radius 2 is 2.10 bits per heavy atom. The Balaban J connectivity index is 1.96. The average Bonchev–Trinajstić information content (AvgIpc) is 2.37. The molecule has 0 spiro atoms. The van der Waals surface area contributed by atoms with E-state index in [2.05, 4.69) is 37.1 Å². The molecule has 1 fully saturated rings. The highest BCUT2D eigenvalue weighted by molar-refractivity contribution is 5.27. The molecule has 3 nitrogen and oxygen atoms in total. The maximum Gasteiger partial charge on any atom is 0.115 e. The summed E-state index contributed by atoms with van der Waals surface area (Å²) in [6, 6.07) is 8.24. The van der Waals surface area contributed by atoms with Gasteiger partial charge in [0, 0.05) is 24.7 Å². The number of nitrogens with zero attached hydrogens (tertiary/aromatic N) is 1. The van der Waals surface area contributed by atoms with Crippen LogP contribution in [0.5, 0.6) is 5.75 Å². The fourth-order valence-electron chi connectivity index (χ4n) is 2.81. The summed E-state index contributed by atoms with van der Waals surface area (Å²) in [5.41, 5.74) is 1.38. The van der Waals surface area contributed by atoms with E-state index in [9.17, 15) is 5.11 Å². The van der Waals surface area contributed by atoms with Gasteiger partial charge in [0.2, 0.25) is 0 Å². The smallest absolute Gasteiger partial charge is 0.115 e. The molecule has 1 heterocycles. The highest BCUT2D eigenvalue weighted by atomic mass is 16.3. The van der Waals surface area contributed by atoms with Crippen LogP contribution >= 0.6 is 0 Å². The van der Waals surface area contributed by atoms with Crippen LogP contribution in [0.3, 0.4) is 0 Å². The minimum Gasteiger partial charge on any atom is -0.508 e. The molecule has 1 aliphatic rings. The number of phenols is 1. The zero-order chi connectivity index (χ0) is 14.6. The number of nitrogens with one attached hydrogen (secondary N) is 1. The Labute approximate surface area is 123 Å². The van der Waals surface area contributed by atoms with Crippen LogP contribution in [-0.4, -0.2) is 34.7 Å². The number of likely N-dealkylation sites (tertiary alicyclic amines) is 1. The van der Waals surface area contributed by atoms with Crippen molar-refractivity contribution >= 4 is 0 Å². The fourth-order valence-corrected chi connectivity index (χ4v) is 2.81. The molecule has 1 aliphatic heterocycles. The maximum absolute atomic E-state index is 9.59. The molecule has 1 aromatic carbocycles. The minimum atomic E-state index is 0.175. The molecule has 0 saturated carbocycles. The van der Waals surface area contributed by atoms with E-state index in [4.69, 9.17) is 0 Å². The fraction of sp³-hybridized carbons (Fsp3) is 0.647. The number of hydrogen-bond donors (Lipinski definition) is 2. The summed E-state index contributed by atoms with van der Waals surface area (Å²) in [5.74, 6) is 0.365. The van der Waals surface area contributed by atoms with E-state index in [1.165, 1.54) is 24.8 Å². The summed E-state index contributed by atoms with van der Waals surface area (Å²) < 4.78 is 0. The molecule has 1 atom stereocenters. The summed E-state index contributed by atoms with van der Waals surface area (Å²) in [7, 11) is 0. The van der Waals surface area contributed by atoms with Gasteiger partial charge in [-0.25, -0.2) is 0 Å². The maximum atomic E-state index is 9.59. The van der Waals surface area contributed by atoms with Crippen LogP contribution in [0.2, 0.25) is 0 Å². The number of piperidine rings is 1. The standard InChI is InChI=1S/C17H28N2O/c1-17(2,3)18-12-15-8-4-5-10-19(15)13-14-7-6-9-16(20)11-14/h6-7,9,11,15,18,20H,4-5,8,10,12-13H2,1-3H3. The SMILES string of the molecule is CC(C)(C)NCC1CCCCN1Cc1cccc(O)c1. The normalized spacial score (nSPS) is 21.1. The molecule has 1 aromatic rings. The Morgan fingerprint density at radius 3 is 2.80 bits per heavy atom. The molecule has 3 heteroatoms. The first-order valence-electron chi connectivity index (χ1n) is 7.71. The van der Waals surface area contributed by atoms with E-state index in [1.807, 2.05) is 12.1 Å². The van der Waals surface area contributed by atoms with Crippen molar-refractivity contribution in [1.82, 2.24) is 10.2 Å². The van der Waals surface area contributed by atoms with E-state index >= 15 is 0 Å². The van der Waals surface area contributed by atoms with Crippen molar-refractivity contribution in [3.63, 3.8) is 0 Å². The molecule has 0 amide bonds. The van der Waals surface area contributed by atoms with Crippen molar-refractivity contribution in [3.05, 3.63) is 29.8 Å². The highest BCUT2D eigenvalue weighted by Gasteiger charge is 2.23. The monoisotopic (exact) mass is 276 g/mol. The Bertz CT molecular complexity index is 425. The van der Waals surface area contributed by atoms with Gasteiger partial charge < -0.3 is 10.4 Å². The van der Waals surface area contributed by atoms with E-state index in [0.29, 0.717) is 11.8 Å². The van der Waals surface area contributed by atoms with Gasteiger partial charge >= 0.3 is 0 Å². The van der Waals surface area contributed by atoms with Gasteiger partial charge in [-0.1, -0.05) is 18.6 Å². The first-order chi connectivity index (χ1) is 9.44. The largest absolute Gasteiger partial charge is 0.508 e. The molecular formula is C17H28N2O. The molecule has 112 valence electrons. The Morgan fingerprint density at radius 1 is 1.30 bits per heavy atom. The van der Waals surface area contributed by atoms with Crippen molar-refractivity contribution in [2.75, 3.05) is 13.1 Å². The number of rotatable bonds is 4. The third kappa shape index (κ3) is 4.80. The van der Waals surface area contributed by atoms with Gasteiger partial charge in [-0.2, -0.15) is 0 Å². The second-order valence-corrected chi connectivity index (χ2v) is 6.92. The molecule has 2 rings (SSSR count). The Kier molecular flexibility index (Phi) is 5.06. The summed E-state index contributed by atoms with van der Waals surface area (Å²) in [5, 5.41) is 13.2. The lowest BCUT2D eigenvalue weighted by atomic mass is 9.99. The van der Waals surface area contributed by atoms with Crippen molar-refractivity contribution in [2.24, 2.45) is 0 Å². The number of hydrogen-bond acceptors (Lipinski definition) is 3. The third-order valence-electron chi connectivity index (χ3n) is 3.91. The second-order valence-electron chi connectivity index (χ2n) is 6.92. The minimum absolute atomic E-state index is 0.175. The molecule has 0 aromatic heterocycles. The summed E-state index contributed by atoms with van der Waals surface area (Å²) in [4.78, 5) is 2.55. The Hall–Kier alpha value is -1.06. The van der Waals surface area contributed by atoms with Crippen LogP contribution in [0, 0.1) is 0 Å². The van der Waals surface area contributed by atoms with Crippen LogP contribution in [0.4, 0.5) is 0 Å². The molecular weight excluding hydrogens is 248 g/mol. The van der Waals surface area contributed by atoms with Crippen LogP contribution < -0.4 is 5.32 Å². The van der Waals surface area contributed by atoms with Gasteiger partial charge in [0.05, 0.1) is 0 Å². The predicted molar refractivity (Wildman–Crippen MR) is 83.9 cm³/mol. The number of benzene rings is 1. The number of aromatic hydroxyl groups is 1. The van der Waals surface area contributed by atoms with Gasteiger partial charge in [-0.15, -0.1) is 0 Å². The average molecular weight is 276 g/mol. The molecule has 20 heavy (non-hydrogen) atoms. The first kappa shape index (κ1) is 15.3. The number of phenolic OH excluding ortho intramolecular Hbond substituents is 1. The van der Waals surface area contributed by atoms with Gasteiger partial charge in [0.1, 0.15) is 5.75 Å². The van der Waals surface area contributed by atoms with Gasteiger partial charge in [-0.05, 0) is 57.9 Å². The van der Waals surface area contributed by atoms with Crippen LogP contribution in [0.15, 0.2) is 24.3 Å². The summed E-state index contributed by atoms with van der Waals surface area (Å²) >= 11 is 0. The van der Waals surface area contributed by atoms with Gasteiger partial charge in [0.25, 0.3) is 0 Å². The second kappa shape index (κ2) is 6.59. The van der Waals surface area contributed by atoms with Gasteiger partial charge in [0.15, 0.2) is 0 Å². The zero-order valence-electron chi connectivity index (χ0n) is 13.0.